The fraction of sp³-hybridized carbons (Fsp3) is 0.750. The van der Waals surface area contributed by atoms with Crippen LogP contribution in [-0.4, -0.2) is 29.1 Å². The summed E-state index contributed by atoms with van der Waals surface area (Å²) >= 11 is 0. The summed E-state index contributed by atoms with van der Waals surface area (Å²) in [6, 6.07) is 1.04. The van der Waals surface area contributed by atoms with Crippen LogP contribution < -0.4 is 11.1 Å². The number of amides is 2. The Morgan fingerprint density at radius 2 is 1.89 bits per heavy atom. The highest BCUT2D eigenvalue weighted by molar-refractivity contribution is 5.88. The van der Waals surface area contributed by atoms with E-state index in [4.69, 9.17) is 11.0 Å². The van der Waals surface area contributed by atoms with Crippen molar-refractivity contribution < 1.29 is 14.7 Å². The van der Waals surface area contributed by atoms with Gasteiger partial charge in [-0.05, 0) is 25.7 Å². The number of nitrogens with two attached hydrogens (primary N) is 1. The van der Waals surface area contributed by atoms with Gasteiger partial charge in [-0.25, -0.2) is 0 Å². The van der Waals surface area contributed by atoms with Crippen LogP contribution in [-0.2, 0) is 9.59 Å². The third-order valence-corrected chi connectivity index (χ3v) is 2.47. The molecule has 0 radical (unpaired) electrons. The van der Waals surface area contributed by atoms with Gasteiger partial charge in [-0.15, -0.1) is 0 Å². The van der Waals surface area contributed by atoms with E-state index in [1.165, 1.54) is 0 Å². The van der Waals surface area contributed by atoms with Crippen molar-refractivity contribution in [2.45, 2.75) is 45.8 Å². The number of nitrogens with one attached hydrogen (secondary N) is 1. The summed E-state index contributed by atoms with van der Waals surface area (Å²) in [6.45, 7) is 5.38. The summed E-state index contributed by atoms with van der Waals surface area (Å²) in [5.41, 5.74) is 5.14. The van der Waals surface area contributed by atoms with Gasteiger partial charge in [0.2, 0.25) is 11.8 Å². The van der Waals surface area contributed by atoms with Gasteiger partial charge in [0.05, 0.1) is 6.07 Å². The molecule has 0 aromatic carbocycles. The third kappa shape index (κ3) is 6.21. The first-order valence-electron chi connectivity index (χ1n) is 5.95. The van der Waals surface area contributed by atoms with E-state index < -0.39 is 29.9 Å². The van der Waals surface area contributed by atoms with Gasteiger partial charge < -0.3 is 16.2 Å². The molecule has 0 spiro atoms. The van der Waals surface area contributed by atoms with Gasteiger partial charge in [-0.3, -0.25) is 9.59 Å². The zero-order valence-corrected chi connectivity index (χ0v) is 11.0. The Kier molecular flexibility index (Phi) is 6.98. The topological polar surface area (TPSA) is 116 Å². The Hall–Kier alpha value is -1.61. The molecule has 0 saturated heterocycles. The van der Waals surface area contributed by atoms with E-state index in [0.29, 0.717) is 6.42 Å². The monoisotopic (exact) mass is 255 g/mol. The van der Waals surface area contributed by atoms with E-state index in [1.807, 2.05) is 19.9 Å². The molecule has 4 N–H and O–H groups in total. The quantitative estimate of drug-likeness (QED) is 0.589. The highest BCUT2D eigenvalue weighted by atomic mass is 16.3. The zero-order chi connectivity index (χ0) is 14.3. The zero-order valence-electron chi connectivity index (χ0n) is 11.0. The molecule has 0 bridgehead atoms. The molecular weight excluding hydrogens is 234 g/mol. The number of aliphatic hydroxyl groups excluding tert-OH is 1. The molecule has 0 saturated carbocycles. The number of aliphatic hydroxyl groups is 1. The summed E-state index contributed by atoms with van der Waals surface area (Å²) in [6.07, 6.45) is -0.707. The fourth-order valence-electron chi connectivity index (χ4n) is 1.47. The van der Waals surface area contributed by atoms with Crippen LogP contribution in [0.2, 0.25) is 0 Å². The first kappa shape index (κ1) is 16.4. The van der Waals surface area contributed by atoms with Crippen molar-refractivity contribution >= 4 is 11.8 Å². The molecule has 0 aromatic rings. The first-order valence-corrected chi connectivity index (χ1v) is 5.95. The maximum absolute atomic E-state index is 11.6. The van der Waals surface area contributed by atoms with E-state index in [-0.39, 0.29) is 12.3 Å². The van der Waals surface area contributed by atoms with Crippen LogP contribution in [0.25, 0.3) is 0 Å². The predicted octanol–water partition coefficient (Wildman–Crippen LogP) is -0.0867. The minimum Gasteiger partial charge on any atom is -0.383 e. The number of nitriles is 1. The normalized spacial score (nSPS) is 15.6. The van der Waals surface area contributed by atoms with Crippen molar-refractivity contribution in [1.82, 2.24) is 5.32 Å². The van der Waals surface area contributed by atoms with Gasteiger partial charge in [-0.1, -0.05) is 13.8 Å². The van der Waals surface area contributed by atoms with Crippen LogP contribution in [0.15, 0.2) is 0 Å². The Morgan fingerprint density at radius 3 is 2.28 bits per heavy atom. The molecule has 18 heavy (non-hydrogen) atoms. The molecule has 2 amide bonds. The van der Waals surface area contributed by atoms with E-state index in [0.717, 1.165) is 0 Å². The summed E-state index contributed by atoms with van der Waals surface area (Å²) < 4.78 is 0. The fourth-order valence-corrected chi connectivity index (χ4v) is 1.47. The van der Waals surface area contributed by atoms with E-state index in [1.54, 1.807) is 6.92 Å². The lowest BCUT2D eigenvalue weighted by Crippen LogP contribution is -2.48. The predicted molar refractivity (Wildman–Crippen MR) is 66.0 cm³/mol. The van der Waals surface area contributed by atoms with Crippen LogP contribution in [0.4, 0.5) is 0 Å². The molecule has 0 unspecified atom stereocenters. The largest absolute Gasteiger partial charge is 0.383 e. The molecule has 0 fully saturated rings. The molecule has 0 rings (SSSR count). The van der Waals surface area contributed by atoms with Gasteiger partial charge in [0.15, 0.2) is 0 Å². The lowest BCUT2D eigenvalue weighted by atomic mass is 10.0. The average Bonchev–Trinajstić information content (AvgIpc) is 2.26. The number of hydrogen-bond acceptors (Lipinski definition) is 4. The summed E-state index contributed by atoms with van der Waals surface area (Å²) in [5.74, 6) is -1.57. The second-order valence-corrected chi connectivity index (χ2v) is 4.87. The van der Waals surface area contributed by atoms with E-state index in [2.05, 4.69) is 5.32 Å². The minimum absolute atomic E-state index is 0.145. The van der Waals surface area contributed by atoms with Gasteiger partial charge in [0, 0.05) is 5.92 Å². The summed E-state index contributed by atoms with van der Waals surface area (Å²) in [7, 11) is 0. The van der Waals surface area contributed by atoms with Gasteiger partial charge in [-0.2, -0.15) is 5.26 Å². The first-order chi connectivity index (χ1) is 8.27. The van der Waals surface area contributed by atoms with Gasteiger partial charge in [0.1, 0.15) is 12.1 Å². The second kappa shape index (κ2) is 7.67. The molecule has 3 atom stereocenters. The van der Waals surface area contributed by atoms with Crippen molar-refractivity contribution in [2.75, 3.05) is 0 Å². The molecular formula is C12H21N3O3. The van der Waals surface area contributed by atoms with Crippen molar-refractivity contribution in [3.05, 3.63) is 0 Å². The number of carbonyl (C=O) groups excluding carboxylic acids is 2. The smallest absolute Gasteiger partial charge is 0.249 e. The molecule has 0 aliphatic rings. The second-order valence-electron chi connectivity index (χ2n) is 4.87. The number of rotatable bonds is 7. The lowest BCUT2D eigenvalue weighted by molar-refractivity contribution is -0.134. The third-order valence-electron chi connectivity index (χ3n) is 2.47. The van der Waals surface area contributed by atoms with Crippen LogP contribution in [0.5, 0.6) is 0 Å². The maximum Gasteiger partial charge on any atom is 0.249 e. The summed E-state index contributed by atoms with van der Waals surface area (Å²) in [5, 5.41) is 20.6. The molecule has 102 valence electrons. The van der Waals surface area contributed by atoms with Crippen LogP contribution in [0.1, 0.15) is 33.6 Å². The molecule has 0 aromatic heterocycles. The Morgan fingerprint density at radius 1 is 1.33 bits per heavy atom. The standard InChI is InChI=1S/C12H21N3O3/c1-7(2)4-10(16)12(18)15-9(11(14)17)5-8(3)6-13/h7-10,16H,4-5H2,1-3H3,(H2,14,17)(H,15,18)/t8-,9+,10+/m1/s1. The number of nitrogens with zero attached hydrogens (tertiary/aromatic N) is 1. The molecule has 0 aliphatic heterocycles. The van der Waals surface area contributed by atoms with Crippen molar-refractivity contribution in [3.8, 4) is 6.07 Å². The van der Waals surface area contributed by atoms with E-state index >= 15 is 0 Å². The summed E-state index contributed by atoms with van der Waals surface area (Å²) in [4.78, 5) is 22.8. The van der Waals surface area contributed by atoms with E-state index in [9.17, 15) is 14.7 Å². The molecule has 0 heterocycles. The van der Waals surface area contributed by atoms with Crippen LogP contribution >= 0.6 is 0 Å². The van der Waals surface area contributed by atoms with Gasteiger partial charge >= 0.3 is 0 Å². The Bertz CT molecular complexity index is 336. The SMILES string of the molecule is CC(C)C[C@H](O)C(=O)N[C@@H](C[C@@H](C)C#N)C(N)=O. The van der Waals surface area contributed by atoms with Crippen molar-refractivity contribution in [1.29, 1.82) is 5.26 Å². The molecule has 6 nitrogen and oxygen atoms in total. The highest BCUT2D eigenvalue weighted by Crippen LogP contribution is 2.07. The minimum atomic E-state index is -1.16. The lowest BCUT2D eigenvalue weighted by Gasteiger charge is -2.19. The highest BCUT2D eigenvalue weighted by Gasteiger charge is 2.24. The molecule has 6 heteroatoms. The van der Waals surface area contributed by atoms with Crippen LogP contribution in [0.3, 0.4) is 0 Å². The number of hydrogen-bond donors (Lipinski definition) is 3. The number of carbonyl (C=O) groups is 2. The van der Waals surface area contributed by atoms with Crippen molar-refractivity contribution in [2.24, 2.45) is 17.6 Å². The molecule has 0 aliphatic carbocycles. The Balaban J connectivity index is 4.46. The van der Waals surface area contributed by atoms with Crippen LogP contribution in [0, 0.1) is 23.2 Å². The van der Waals surface area contributed by atoms with Crippen molar-refractivity contribution in [3.63, 3.8) is 0 Å². The number of primary amides is 1. The Labute approximate surface area is 107 Å². The average molecular weight is 255 g/mol. The maximum atomic E-state index is 11.6. The van der Waals surface area contributed by atoms with Gasteiger partial charge in [0.25, 0.3) is 0 Å².